The van der Waals surface area contributed by atoms with Crippen molar-refractivity contribution >= 4 is 5.82 Å². The molecule has 0 radical (unpaired) electrons. The van der Waals surface area contributed by atoms with E-state index in [1.165, 1.54) is 14.0 Å². The first-order valence-corrected chi connectivity index (χ1v) is 4.81. The summed E-state index contributed by atoms with van der Waals surface area (Å²) in [6.45, 7) is 1.49. The van der Waals surface area contributed by atoms with Crippen LogP contribution in [-0.2, 0) is 4.74 Å². The third-order valence-electron chi connectivity index (χ3n) is 2.38. The van der Waals surface area contributed by atoms with Gasteiger partial charge in [0.15, 0.2) is 17.9 Å². The number of nitrogens with two attached hydrogens (primary N) is 1. The summed E-state index contributed by atoms with van der Waals surface area (Å²) in [6.07, 6.45) is -3.12. The van der Waals surface area contributed by atoms with Gasteiger partial charge in [-0.1, -0.05) is 0 Å². The van der Waals surface area contributed by atoms with Crippen LogP contribution in [0.1, 0.15) is 13.2 Å². The number of hydrogen-bond donors (Lipinski definition) is 3. The molecule has 1 rings (SSSR count). The molecule has 8 heteroatoms. The van der Waals surface area contributed by atoms with Gasteiger partial charge in [-0.25, -0.2) is 9.18 Å². The molecular formula is C9H14FN3O4. The molecule has 3 unspecified atom stereocenters. The molecule has 1 heterocycles. The highest BCUT2D eigenvalue weighted by Gasteiger charge is 2.26. The van der Waals surface area contributed by atoms with Crippen LogP contribution in [0.25, 0.3) is 0 Å². The molecule has 0 bridgehead atoms. The number of nitrogens with zero attached hydrogens (tertiary/aromatic N) is 2. The lowest BCUT2D eigenvalue weighted by molar-refractivity contribution is -0.0987. The molecule has 0 amide bonds. The van der Waals surface area contributed by atoms with Crippen molar-refractivity contribution in [2.24, 2.45) is 0 Å². The molecule has 0 aliphatic rings. The number of ether oxygens (including phenoxy) is 1. The first-order chi connectivity index (χ1) is 7.88. The minimum atomic E-state index is -1.67. The van der Waals surface area contributed by atoms with Gasteiger partial charge in [-0.05, 0) is 6.92 Å². The highest BCUT2D eigenvalue weighted by molar-refractivity contribution is 5.26. The molecule has 0 saturated carbocycles. The molecule has 0 saturated heterocycles. The summed E-state index contributed by atoms with van der Waals surface area (Å²) >= 11 is 0. The van der Waals surface area contributed by atoms with Gasteiger partial charge >= 0.3 is 5.69 Å². The van der Waals surface area contributed by atoms with Crippen LogP contribution in [0.2, 0.25) is 0 Å². The second-order valence-electron chi connectivity index (χ2n) is 3.51. The van der Waals surface area contributed by atoms with Gasteiger partial charge in [0.2, 0.25) is 0 Å². The summed E-state index contributed by atoms with van der Waals surface area (Å²) in [5.74, 6) is -1.52. The Labute approximate surface area is 96.3 Å². The van der Waals surface area contributed by atoms with Crippen molar-refractivity contribution in [2.75, 3.05) is 12.8 Å². The minimum absolute atomic E-state index is 0.548. The van der Waals surface area contributed by atoms with E-state index in [2.05, 4.69) is 4.98 Å². The Hall–Kier alpha value is -1.51. The highest BCUT2D eigenvalue weighted by atomic mass is 19.1. The van der Waals surface area contributed by atoms with Crippen molar-refractivity contribution in [1.29, 1.82) is 0 Å². The Morgan fingerprint density at radius 1 is 1.59 bits per heavy atom. The van der Waals surface area contributed by atoms with Crippen LogP contribution < -0.4 is 11.4 Å². The Morgan fingerprint density at radius 3 is 2.71 bits per heavy atom. The Kier molecular flexibility index (Phi) is 4.16. The first kappa shape index (κ1) is 13.6. The third-order valence-corrected chi connectivity index (χ3v) is 2.38. The molecule has 0 aliphatic heterocycles. The summed E-state index contributed by atoms with van der Waals surface area (Å²) in [4.78, 5) is 14.5. The number of rotatable bonds is 4. The molecule has 1 aromatic heterocycles. The van der Waals surface area contributed by atoms with Crippen LogP contribution in [-0.4, -0.2) is 39.1 Å². The van der Waals surface area contributed by atoms with E-state index in [1.54, 1.807) is 0 Å². The molecule has 7 nitrogen and oxygen atoms in total. The monoisotopic (exact) mass is 247 g/mol. The SMILES string of the molecule is COC(C)C(O)C(O)n1cc(F)c(N)nc1=O. The minimum Gasteiger partial charge on any atom is -0.386 e. The van der Waals surface area contributed by atoms with Gasteiger partial charge in [-0.15, -0.1) is 0 Å². The molecule has 4 N–H and O–H groups in total. The lowest BCUT2D eigenvalue weighted by atomic mass is 10.2. The molecule has 96 valence electrons. The maximum Gasteiger partial charge on any atom is 0.351 e. The van der Waals surface area contributed by atoms with E-state index >= 15 is 0 Å². The summed E-state index contributed by atoms with van der Waals surface area (Å²) in [5, 5.41) is 19.3. The van der Waals surface area contributed by atoms with Crippen LogP contribution in [0.4, 0.5) is 10.2 Å². The lowest BCUT2D eigenvalue weighted by Gasteiger charge is -2.23. The van der Waals surface area contributed by atoms with Crippen molar-refractivity contribution < 1.29 is 19.3 Å². The van der Waals surface area contributed by atoms with Crippen molar-refractivity contribution in [3.8, 4) is 0 Å². The number of aromatic nitrogens is 2. The quantitative estimate of drug-likeness (QED) is 0.619. The Balaban J connectivity index is 3.08. The normalized spacial score (nSPS) is 16.5. The van der Waals surface area contributed by atoms with E-state index < -0.39 is 35.8 Å². The van der Waals surface area contributed by atoms with Gasteiger partial charge in [0.05, 0.1) is 12.3 Å². The van der Waals surface area contributed by atoms with E-state index in [-0.39, 0.29) is 0 Å². The average molecular weight is 247 g/mol. The number of aliphatic hydroxyl groups is 2. The van der Waals surface area contributed by atoms with Crippen molar-refractivity contribution in [2.45, 2.75) is 25.4 Å². The van der Waals surface area contributed by atoms with Crippen LogP contribution in [0, 0.1) is 5.82 Å². The van der Waals surface area contributed by atoms with Gasteiger partial charge < -0.3 is 20.7 Å². The average Bonchev–Trinajstić information content (AvgIpc) is 2.31. The first-order valence-electron chi connectivity index (χ1n) is 4.81. The Morgan fingerprint density at radius 2 is 2.18 bits per heavy atom. The van der Waals surface area contributed by atoms with Crippen molar-refractivity contribution in [1.82, 2.24) is 9.55 Å². The fraction of sp³-hybridized carbons (Fsp3) is 0.556. The van der Waals surface area contributed by atoms with E-state index in [0.29, 0.717) is 10.8 Å². The van der Waals surface area contributed by atoms with Crippen LogP contribution in [0.15, 0.2) is 11.0 Å². The molecule has 0 spiro atoms. The van der Waals surface area contributed by atoms with Gasteiger partial charge in [0.25, 0.3) is 0 Å². The summed E-state index contributed by atoms with van der Waals surface area (Å²) in [5.41, 5.74) is 4.12. The topological polar surface area (TPSA) is 111 Å². The molecule has 0 fully saturated rings. The predicted molar refractivity (Wildman–Crippen MR) is 56.6 cm³/mol. The number of anilines is 1. The van der Waals surface area contributed by atoms with Gasteiger partial charge in [-0.2, -0.15) is 4.98 Å². The summed E-state index contributed by atoms with van der Waals surface area (Å²) < 4.78 is 18.4. The molecule has 17 heavy (non-hydrogen) atoms. The second-order valence-corrected chi connectivity index (χ2v) is 3.51. The molecular weight excluding hydrogens is 233 g/mol. The van der Waals surface area contributed by atoms with Crippen LogP contribution in [0.5, 0.6) is 0 Å². The fourth-order valence-corrected chi connectivity index (χ4v) is 1.19. The third kappa shape index (κ3) is 2.78. The second kappa shape index (κ2) is 5.21. The summed E-state index contributed by atoms with van der Waals surface area (Å²) in [7, 11) is 1.32. The molecule has 3 atom stereocenters. The smallest absolute Gasteiger partial charge is 0.351 e. The van der Waals surface area contributed by atoms with E-state index in [4.69, 9.17) is 10.5 Å². The zero-order valence-electron chi connectivity index (χ0n) is 9.37. The highest BCUT2D eigenvalue weighted by Crippen LogP contribution is 2.12. The van der Waals surface area contributed by atoms with Crippen molar-refractivity contribution in [3.63, 3.8) is 0 Å². The number of nitrogen functional groups attached to an aromatic ring is 1. The fourth-order valence-electron chi connectivity index (χ4n) is 1.19. The molecule has 0 aromatic carbocycles. The zero-order valence-corrected chi connectivity index (χ0v) is 9.37. The maximum absolute atomic E-state index is 13.1. The van der Waals surface area contributed by atoms with E-state index in [1.807, 2.05) is 0 Å². The zero-order chi connectivity index (χ0) is 13.2. The number of methoxy groups -OCH3 is 1. The van der Waals surface area contributed by atoms with Crippen molar-refractivity contribution in [3.05, 3.63) is 22.5 Å². The van der Waals surface area contributed by atoms with Gasteiger partial charge in [0, 0.05) is 7.11 Å². The predicted octanol–water partition coefficient (Wildman–Crippen LogP) is -1.15. The molecule has 1 aromatic rings. The van der Waals surface area contributed by atoms with Crippen LogP contribution >= 0.6 is 0 Å². The lowest BCUT2D eigenvalue weighted by Crippen LogP contribution is -2.39. The van der Waals surface area contributed by atoms with Gasteiger partial charge in [-0.3, -0.25) is 4.57 Å². The maximum atomic E-state index is 13.1. The molecule has 0 aliphatic carbocycles. The van der Waals surface area contributed by atoms with Gasteiger partial charge in [0.1, 0.15) is 6.10 Å². The number of aliphatic hydroxyl groups excluding tert-OH is 2. The number of halogens is 1. The summed E-state index contributed by atoms with van der Waals surface area (Å²) in [6, 6.07) is 0. The largest absolute Gasteiger partial charge is 0.386 e. The van der Waals surface area contributed by atoms with Crippen LogP contribution in [0.3, 0.4) is 0 Å². The number of hydrogen-bond acceptors (Lipinski definition) is 6. The standard InChI is InChI=1S/C9H14FN3O4/c1-4(17-2)6(14)8(15)13-3-5(10)7(11)12-9(13)16/h3-4,6,8,14-15H,1-2H3,(H2,11,12,16). The van der Waals surface area contributed by atoms with E-state index in [0.717, 1.165) is 0 Å². The van der Waals surface area contributed by atoms with E-state index in [9.17, 15) is 19.4 Å². The Bertz CT molecular complexity index is 450.